The van der Waals surface area contributed by atoms with Gasteiger partial charge in [-0.25, -0.2) is 9.67 Å². The summed E-state index contributed by atoms with van der Waals surface area (Å²) in [7, 11) is 0. The molecular formula is C22H16ClN5. The van der Waals surface area contributed by atoms with Gasteiger partial charge in [-0.15, -0.1) is 0 Å². The van der Waals surface area contributed by atoms with Crippen molar-refractivity contribution in [1.29, 1.82) is 5.26 Å². The Balaban J connectivity index is 1.67. The van der Waals surface area contributed by atoms with Gasteiger partial charge in [0.25, 0.3) is 0 Å². The Bertz CT molecular complexity index is 1130. The molecule has 0 spiro atoms. The third-order valence-corrected chi connectivity index (χ3v) is 4.57. The Hall–Kier alpha value is -3.62. The van der Waals surface area contributed by atoms with Gasteiger partial charge < -0.3 is 5.32 Å². The molecule has 0 atom stereocenters. The van der Waals surface area contributed by atoms with Crippen molar-refractivity contribution in [2.45, 2.75) is 6.54 Å². The van der Waals surface area contributed by atoms with Gasteiger partial charge in [0.15, 0.2) is 5.69 Å². The van der Waals surface area contributed by atoms with Gasteiger partial charge in [0.1, 0.15) is 11.9 Å². The Morgan fingerprint density at radius 3 is 2.39 bits per heavy atom. The molecule has 0 saturated carbocycles. The number of para-hydroxylation sites is 1. The molecule has 4 rings (SSSR count). The Morgan fingerprint density at radius 2 is 1.68 bits per heavy atom. The van der Waals surface area contributed by atoms with E-state index in [1.807, 2.05) is 77.6 Å². The van der Waals surface area contributed by atoms with E-state index >= 15 is 0 Å². The topological polar surface area (TPSA) is 66.5 Å². The van der Waals surface area contributed by atoms with E-state index < -0.39 is 0 Å². The molecule has 2 heterocycles. The summed E-state index contributed by atoms with van der Waals surface area (Å²) in [6, 6.07) is 25.4. The fraction of sp³-hybridized carbons (Fsp3) is 0.0455. The number of hydrogen-bond donors (Lipinski definition) is 1. The summed E-state index contributed by atoms with van der Waals surface area (Å²) in [5, 5.41) is 17.5. The van der Waals surface area contributed by atoms with Gasteiger partial charge >= 0.3 is 0 Å². The van der Waals surface area contributed by atoms with Crippen molar-refractivity contribution in [3.8, 4) is 23.0 Å². The van der Waals surface area contributed by atoms with Crippen LogP contribution in [0, 0.1) is 11.3 Å². The van der Waals surface area contributed by atoms with Crippen LogP contribution in [0.15, 0.2) is 79.0 Å². The second-order valence-electron chi connectivity index (χ2n) is 6.14. The third-order valence-electron chi connectivity index (χ3n) is 4.27. The number of nitriles is 1. The number of nitrogens with one attached hydrogen (secondary N) is 1. The Kier molecular flexibility index (Phi) is 5.05. The third kappa shape index (κ3) is 3.73. The molecule has 0 aliphatic heterocycles. The molecule has 0 aliphatic rings. The number of halogens is 1. The summed E-state index contributed by atoms with van der Waals surface area (Å²) in [6.07, 6.45) is 2.01. The first-order chi connectivity index (χ1) is 13.7. The minimum absolute atomic E-state index is 0.204. The van der Waals surface area contributed by atoms with Crippen molar-refractivity contribution in [3.05, 3.63) is 95.3 Å². The van der Waals surface area contributed by atoms with Gasteiger partial charge in [-0.3, -0.25) is 0 Å². The van der Waals surface area contributed by atoms with E-state index in [1.54, 1.807) is 12.1 Å². The number of benzene rings is 2. The van der Waals surface area contributed by atoms with E-state index in [9.17, 15) is 0 Å². The highest BCUT2D eigenvalue weighted by atomic mass is 35.5. The van der Waals surface area contributed by atoms with Crippen molar-refractivity contribution in [3.63, 3.8) is 0 Å². The first-order valence-corrected chi connectivity index (χ1v) is 9.12. The first kappa shape index (κ1) is 17.8. The van der Waals surface area contributed by atoms with Crippen LogP contribution in [0.25, 0.3) is 16.9 Å². The molecule has 2 aromatic carbocycles. The summed E-state index contributed by atoms with van der Waals surface area (Å²) in [5.74, 6) is 0.590. The molecule has 0 saturated heterocycles. The number of aromatic nitrogens is 3. The van der Waals surface area contributed by atoms with Crippen LogP contribution in [0.3, 0.4) is 0 Å². The van der Waals surface area contributed by atoms with Crippen molar-refractivity contribution in [1.82, 2.24) is 14.8 Å². The van der Waals surface area contributed by atoms with E-state index in [1.165, 1.54) is 0 Å². The van der Waals surface area contributed by atoms with Crippen LogP contribution >= 0.6 is 11.6 Å². The van der Waals surface area contributed by atoms with Crippen LogP contribution in [0.4, 0.5) is 5.82 Å². The van der Waals surface area contributed by atoms with Crippen LogP contribution in [0.5, 0.6) is 0 Å². The van der Waals surface area contributed by atoms with Gasteiger partial charge in [0.2, 0.25) is 0 Å². The van der Waals surface area contributed by atoms with E-state index in [0.29, 0.717) is 17.4 Å². The molecule has 4 aromatic rings. The molecule has 1 N–H and O–H groups in total. The van der Waals surface area contributed by atoms with Gasteiger partial charge in [-0.05, 0) is 24.3 Å². The fourth-order valence-corrected chi connectivity index (χ4v) is 3.04. The maximum atomic E-state index is 9.11. The molecular weight excluding hydrogens is 370 g/mol. The van der Waals surface area contributed by atoms with Crippen LogP contribution in [0.2, 0.25) is 5.02 Å². The lowest BCUT2D eigenvalue weighted by Crippen LogP contribution is -2.02. The van der Waals surface area contributed by atoms with E-state index in [0.717, 1.165) is 22.5 Å². The minimum atomic E-state index is 0.204. The maximum absolute atomic E-state index is 9.11. The summed E-state index contributed by atoms with van der Waals surface area (Å²) in [5.41, 5.74) is 4.14. The first-order valence-electron chi connectivity index (χ1n) is 8.74. The number of rotatable bonds is 5. The van der Waals surface area contributed by atoms with Crippen LogP contribution < -0.4 is 5.32 Å². The molecule has 0 aliphatic carbocycles. The summed E-state index contributed by atoms with van der Waals surface area (Å²) in [6.45, 7) is 0.510. The standard InChI is InChI=1S/C22H16ClN5/c23-19-11-12-21(26-20(19)13-24)25-14-17-15-28(18-9-5-2-6-10-18)27-22(17)16-7-3-1-4-8-16/h1-12,15H,14H2,(H,25,26). The second kappa shape index (κ2) is 7.95. The average molecular weight is 386 g/mol. The van der Waals surface area contributed by atoms with E-state index in [-0.39, 0.29) is 5.69 Å². The lowest BCUT2D eigenvalue weighted by atomic mass is 10.1. The van der Waals surface area contributed by atoms with Crippen molar-refractivity contribution in [2.75, 3.05) is 5.32 Å². The largest absolute Gasteiger partial charge is 0.366 e. The number of nitrogens with zero attached hydrogens (tertiary/aromatic N) is 4. The lowest BCUT2D eigenvalue weighted by molar-refractivity contribution is 0.883. The zero-order valence-electron chi connectivity index (χ0n) is 14.9. The minimum Gasteiger partial charge on any atom is -0.366 e. The van der Waals surface area contributed by atoms with Gasteiger partial charge in [0.05, 0.1) is 16.4 Å². The zero-order valence-corrected chi connectivity index (χ0v) is 15.6. The van der Waals surface area contributed by atoms with Crippen molar-refractivity contribution >= 4 is 17.4 Å². The quantitative estimate of drug-likeness (QED) is 0.520. The normalized spacial score (nSPS) is 10.4. The van der Waals surface area contributed by atoms with Crippen LogP contribution in [0.1, 0.15) is 11.3 Å². The smallest absolute Gasteiger partial charge is 0.161 e. The highest BCUT2D eigenvalue weighted by Crippen LogP contribution is 2.25. The molecule has 0 fully saturated rings. The van der Waals surface area contributed by atoms with Crippen LogP contribution in [-0.4, -0.2) is 14.8 Å². The number of hydrogen-bond acceptors (Lipinski definition) is 4. The van der Waals surface area contributed by atoms with Gasteiger partial charge in [-0.2, -0.15) is 10.4 Å². The highest BCUT2D eigenvalue weighted by Gasteiger charge is 2.13. The number of pyridine rings is 1. The highest BCUT2D eigenvalue weighted by molar-refractivity contribution is 6.31. The maximum Gasteiger partial charge on any atom is 0.161 e. The fourth-order valence-electron chi connectivity index (χ4n) is 2.90. The molecule has 6 heteroatoms. The summed E-state index contributed by atoms with van der Waals surface area (Å²) < 4.78 is 1.87. The summed E-state index contributed by atoms with van der Waals surface area (Å²) in [4.78, 5) is 4.24. The van der Waals surface area contributed by atoms with Crippen molar-refractivity contribution in [2.24, 2.45) is 0 Å². The van der Waals surface area contributed by atoms with E-state index in [2.05, 4.69) is 10.3 Å². The SMILES string of the molecule is N#Cc1nc(NCc2cn(-c3ccccc3)nc2-c2ccccc2)ccc1Cl. The van der Waals surface area contributed by atoms with E-state index in [4.69, 9.17) is 22.0 Å². The van der Waals surface area contributed by atoms with Crippen LogP contribution in [-0.2, 0) is 6.54 Å². The average Bonchev–Trinajstić information content (AvgIpc) is 3.19. The molecule has 136 valence electrons. The zero-order chi connectivity index (χ0) is 19.3. The summed E-state index contributed by atoms with van der Waals surface area (Å²) >= 11 is 5.96. The predicted octanol–water partition coefficient (Wildman–Crippen LogP) is 5.07. The monoisotopic (exact) mass is 385 g/mol. The lowest BCUT2D eigenvalue weighted by Gasteiger charge is -2.06. The number of anilines is 1. The molecule has 2 aromatic heterocycles. The van der Waals surface area contributed by atoms with Gasteiger partial charge in [0, 0.05) is 23.9 Å². The molecule has 5 nitrogen and oxygen atoms in total. The Labute approximate surface area is 167 Å². The molecule has 28 heavy (non-hydrogen) atoms. The molecule has 0 radical (unpaired) electrons. The second-order valence-corrected chi connectivity index (χ2v) is 6.55. The molecule has 0 amide bonds. The molecule has 0 bridgehead atoms. The molecule has 0 unspecified atom stereocenters. The Morgan fingerprint density at radius 1 is 0.964 bits per heavy atom. The van der Waals surface area contributed by atoms with Gasteiger partial charge in [-0.1, -0.05) is 60.1 Å². The predicted molar refractivity (Wildman–Crippen MR) is 110 cm³/mol. The van der Waals surface area contributed by atoms with Crippen molar-refractivity contribution < 1.29 is 0 Å².